The maximum Gasteiger partial charge on any atom is 0.370 e. The lowest BCUT2D eigenvalue weighted by Gasteiger charge is -2.06. The monoisotopic (exact) mass is 288 g/mol. The van der Waals surface area contributed by atoms with Gasteiger partial charge in [0.15, 0.2) is 6.10 Å². The highest BCUT2D eigenvalue weighted by Gasteiger charge is 2.15. The zero-order valence-corrected chi connectivity index (χ0v) is 13.0. The lowest BCUT2D eigenvalue weighted by molar-refractivity contribution is -0.242. The predicted octanol–water partition coefficient (Wildman–Crippen LogP) is 4.45. The lowest BCUT2D eigenvalue weighted by Crippen LogP contribution is -2.21. The van der Waals surface area contributed by atoms with Gasteiger partial charge >= 0.3 is 5.97 Å². The van der Waals surface area contributed by atoms with E-state index in [4.69, 9.17) is 5.26 Å². The van der Waals surface area contributed by atoms with Crippen LogP contribution in [0.3, 0.4) is 0 Å². The molecule has 20 heavy (non-hydrogen) atoms. The molecule has 1 atom stereocenters. The molecule has 0 saturated heterocycles. The predicted molar refractivity (Wildman–Crippen MR) is 80.4 cm³/mol. The van der Waals surface area contributed by atoms with E-state index in [1.807, 2.05) is 0 Å². The molecule has 0 aromatic rings. The van der Waals surface area contributed by atoms with E-state index in [0.29, 0.717) is 6.42 Å². The second kappa shape index (κ2) is 14.8. The van der Waals surface area contributed by atoms with Crippen LogP contribution in [0.5, 0.6) is 0 Å². The van der Waals surface area contributed by atoms with Crippen molar-refractivity contribution in [3.8, 4) is 0 Å². The fourth-order valence-electron chi connectivity index (χ4n) is 2.36. The first kappa shape index (κ1) is 19.4. The topological polar surface area (TPSA) is 66.8 Å². The fraction of sp³-hybridized carbons (Fsp3) is 0.938. The van der Waals surface area contributed by atoms with Crippen molar-refractivity contribution in [1.82, 2.24) is 0 Å². The molecular weight excluding hydrogens is 256 g/mol. The quantitative estimate of drug-likeness (QED) is 0.281. The smallest absolute Gasteiger partial charge is 0.370 e. The molecule has 0 saturated carbocycles. The first-order valence-corrected chi connectivity index (χ1v) is 8.25. The van der Waals surface area contributed by atoms with Gasteiger partial charge in [-0.1, -0.05) is 84.0 Å². The summed E-state index contributed by atoms with van der Waals surface area (Å²) < 4.78 is 0. The van der Waals surface area contributed by atoms with Crippen molar-refractivity contribution in [1.29, 1.82) is 0 Å². The van der Waals surface area contributed by atoms with Crippen LogP contribution in [0.2, 0.25) is 0 Å². The first-order chi connectivity index (χ1) is 9.72. The molecule has 4 heteroatoms. The third-order valence-corrected chi connectivity index (χ3v) is 3.69. The average molecular weight is 288 g/mol. The molecule has 1 unspecified atom stereocenters. The minimum absolute atomic E-state index is 0.372. The van der Waals surface area contributed by atoms with Crippen LogP contribution in [-0.4, -0.2) is 22.4 Å². The van der Waals surface area contributed by atoms with Gasteiger partial charge in [-0.15, -0.1) is 0 Å². The highest BCUT2D eigenvalue weighted by Crippen LogP contribution is 2.13. The average Bonchev–Trinajstić information content (AvgIpc) is 2.47. The summed E-state index contributed by atoms with van der Waals surface area (Å²) in [6.07, 6.45) is 14.2. The summed E-state index contributed by atoms with van der Waals surface area (Å²) in [4.78, 5) is 14.2. The van der Waals surface area contributed by atoms with Gasteiger partial charge in [-0.3, -0.25) is 4.89 Å². The Morgan fingerprint density at radius 2 is 1.25 bits per heavy atom. The minimum atomic E-state index is -1.18. The van der Waals surface area contributed by atoms with Crippen LogP contribution in [0.15, 0.2) is 0 Å². The van der Waals surface area contributed by atoms with Gasteiger partial charge < -0.3 is 5.11 Å². The van der Waals surface area contributed by atoms with Crippen LogP contribution in [0.25, 0.3) is 0 Å². The van der Waals surface area contributed by atoms with Gasteiger partial charge in [0.05, 0.1) is 0 Å². The summed E-state index contributed by atoms with van der Waals surface area (Å²) >= 11 is 0. The molecule has 2 N–H and O–H groups in total. The summed E-state index contributed by atoms with van der Waals surface area (Å²) in [5, 5.41) is 17.3. The van der Waals surface area contributed by atoms with Crippen molar-refractivity contribution in [2.45, 2.75) is 96.5 Å². The van der Waals surface area contributed by atoms with E-state index in [0.717, 1.165) is 19.3 Å². The Labute approximate surface area is 123 Å². The molecule has 4 nitrogen and oxygen atoms in total. The van der Waals surface area contributed by atoms with Crippen LogP contribution in [0.4, 0.5) is 0 Å². The van der Waals surface area contributed by atoms with E-state index in [1.54, 1.807) is 0 Å². The molecule has 0 aliphatic heterocycles. The van der Waals surface area contributed by atoms with E-state index in [-0.39, 0.29) is 0 Å². The van der Waals surface area contributed by atoms with E-state index in [2.05, 4.69) is 11.8 Å². The summed E-state index contributed by atoms with van der Waals surface area (Å²) in [5.74, 6) is -0.951. The largest absolute Gasteiger partial charge is 0.381 e. The van der Waals surface area contributed by atoms with Crippen molar-refractivity contribution in [2.24, 2.45) is 0 Å². The van der Waals surface area contributed by atoms with E-state index < -0.39 is 12.1 Å². The van der Waals surface area contributed by atoms with Gasteiger partial charge in [-0.05, 0) is 6.42 Å². The van der Waals surface area contributed by atoms with Crippen LogP contribution in [0, 0.1) is 0 Å². The Bertz CT molecular complexity index is 219. The maximum absolute atomic E-state index is 10.7. The van der Waals surface area contributed by atoms with Crippen LogP contribution in [0.1, 0.15) is 90.4 Å². The molecule has 0 bridgehead atoms. The van der Waals surface area contributed by atoms with Crippen molar-refractivity contribution in [3.05, 3.63) is 0 Å². The standard InChI is InChI=1S/C16H32O4/c1-2-3-4-5-6-7-8-9-10-11-12-13-14-15(17)16(18)20-19/h15,17,19H,2-14H2,1H3. The molecule has 0 radical (unpaired) electrons. The highest BCUT2D eigenvalue weighted by atomic mass is 17.1. The van der Waals surface area contributed by atoms with Crippen molar-refractivity contribution < 1.29 is 20.0 Å². The molecule has 0 aromatic carbocycles. The fourth-order valence-corrected chi connectivity index (χ4v) is 2.36. The normalized spacial score (nSPS) is 12.3. The molecule has 120 valence electrons. The van der Waals surface area contributed by atoms with Crippen LogP contribution >= 0.6 is 0 Å². The highest BCUT2D eigenvalue weighted by molar-refractivity contribution is 5.73. The number of hydrogen-bond donors (Lipinski definition) is 2. The SMILES string of the molecule is CCCCCCCCCCCCCCC(O)C(=O)OO. The molecule has 0 amide bonds. The van der Waals surface area contributed by atoms with Gasteiger partial charge in [0, 0.05) is 0 Å². The molecule has 0 fully saturated rings. The zero-order chi connectivity index (χ0) is 15.1. The number of aliphatic hydroxyl groups is 1. The van der Waals surface area contributed by atoms with Crippen LogP contribution < -0.4 is 0 Å². The molecule has 0 aliphatic carbocycles. The molecule has 0 spiro atoms. The molecule has 0 heterocycles. The van der Waals surface area contributed by atoms with Gasteiger partial charge in [0.25, 0.3) is 0 Å². The summed E-state index contributed by atoms with van der Waals surface area (Å²) in [6.45, 7) is 2.24. The Hall–Kier alpha value is -0.610. The number of rotatable bonds is 14. The minimum Gasteiger partial charge on any atom is -0.381 e. The van der Waals surface area contributed by atoms with Crippen molar-refractivity contribution in [2.75, 3.05) is 0 Å². The molecule has 0 aliphatic rings. The number of unbranched alkanes of at least 4 members (excludes halogenated alkanes) is 11. The van der Waals surface area contributed by atoms with Gasteiger partial charge in [0.2, 0.25) is 0 Å². The van der Waals surface area contributed by atoms with E-state index in [9.17, 15) is 9.90 Å². The Morgan fingerprint density at radius 1 is 0.850 bits per heavy atom. The maximum atomic E-state index is 10.7. The second-order valence-electron chi connectivity index (χ2n) is 5.60. The lowest BCUT2D eigenvalue weighted by atomic mass is 10.0. The number of hydrogen-bond acceptors (Lipinski definition) is 4. The van der Waals surface area contributed by atoms with Crippen molar-refractivity contribution in [3.63, 3.8) is 0 Å². The number of carbonyl (C=O) groups is 1. The molecule has 0 rings (SSSR count). The van der Waals surface area contributed by atoms with Crippen molar-refractivity contribution >= 4 is 5.97 Å². The van der Waals surface area contributed by atoms with Gasteiger partial charge in [0.1, 0.15) is 0 Å². The second-order valence-corrected chi connectivity index (χ2v) is 5.60. The third-order valence-electron chi connectivity index (χ3n) is 3.69. The summed E-state index contributed by atoms with van der Waals surface area (Å²) in [6, 6.07) is 0. The molecule has 0 aromatic heterocycles. The van der Waals surface area contributed by atoms with Gasteiger partial charge in [-0.2, -0.15) is 5.26 Å². The van der Waals surface area contributed by atoms with E-state index >= 15 is 0 Å². The zero-order valence-electron chi connectivity index (χ0n) is 13.0. The van der Waals surface area contributed by atoms with E-state index in [1.165, 1.54) is 57.8 Å². The first-order valence-electron chi connectivity index (χ1n) is 8.25. The Kier molecular flexibility index (Phi) is 14.3. The molecular formula is C16H32O4. The Balaban J connectivity index is 3.11. The van der Waals surface area contributed by atoms with Gasteiger partial charge in [-0.25, -0.2) is 4.79 Å². The van der Waals surface area contributed by atoms with Crippen LogP contribution in [-0.2, 0) is 9.68 Å². The Morgan fingerprint density at radius 3 is 1.65 bits per heavy atom. The summed E-state index contributed by atoms with van der Waals surface area (Å²) in [7, 11) is 0. The number of aliphatic hydroxyl groups excluding tert-OH is 1. The number of carbonyl (C=O) groups excluding carboxylic acids is 1. The third kappa shape index (κ3) is 12.4. The summed E-state index contributed by atoms with van der Waals surface area (Å²) in [5.41, 5.74) is 0.